The van der Waals surface area contributed by atoms with Crippen molar-refractivity contribution in [1.82, 2.24) is 0 Å². The maximum atomic E-state index is 13.1. The second-order valence-corrected chi connectivity index (χ2v) is 4.65. The monoisotopic (exact) mass is 221 g/mol. The minimum atomic E-state index is -0.459. The summed E-state index contributed by atoms with van der Waals surface area (Å²) in [5.74, 6) is 0.275. The zero-order valence-corrected chi connectivity index (χ0v) is 8.78. The van der Waals surface area contributed by atoms with Crippen LogP contribution in [0, 0.1) is 10.7 Å². The van der Waals surface area contributed by atoms with Gasteiger partial charge in [0.05, 0.1) is 0 Å². The largest absolute Gasteiger partial charge is 0.487 e. The molecule has 1 unspecified atom stereocenters. The van der Waals surface area contributed by atoms with E-state index >= 15 is 0 Å². The van der Waals surface area contributed by atoms with E-state index in [1.54, 1.807) is 6.07 Å². The Morgan fingerprint density at radius 3 is 2.88 bits per heavy atom. The molecule has 0 saturated heterocycles. The third kappa shape index (κ3) is 1.32. The number of nitrogens with zero attached hydrogens (tertiary/aromatic N) is 1. The molecule has 0 amide bonds. The molecular weight excluding hydrogens is 209 g/mol. The summed E-state index contributed by atoms with van der Waals surface area (Å²) in [6.45, 7) is 0. The molecule has 1 spiro atoms. The fourth-order valence-electron chi connectivity index (χ4n) is 2.58. The minimum absolute atomic E-state index is 0.205. The van der Waals surface area contributed by atoms with Crippen LogP contribution in [-0.2, 0) is 0 Å². The van der Waals surface area contributed by atoms with Gasteiger partial charge in [-0.25, -0.2) is 4.39 Å². The predicted molar refractivity (Wildman–Crippen MR) is 56.8 cm³/mol. The third-order valence-electron chi connectivity index (χ3n) is 3.61. The van der Waals surface area contributed by atoms with Gasteiger partial charge in [-0.3, -0.25) is 0 Å². The number of nitroso groups, excluding NO2 is 1. The van der Waals surface area contributed by atoms with Gasteiger partial charge < -0.3 is 4.74 Å². The standard InChI is InChI=1S/C12H12FNO2/c13-8-2-3-11-9(6-8)10(14-15)7-12(16-11)4-1-5-12/h2-3,6,10H,1,4-5,7H2. The van der Waals surface area contributed by atoms with Gasteiger partial charge in [0.1, 0.15) is 23.2 Å². The number of hydrogen-bond donors (Lipinski definition) is 0. The number of rotatable bonds is 1. The molecule has 16 heavy (non-hydrogen) atoms. The maximum absolute atomic E-state index is 13.1. The number of halogens is 1. The molecule has 3 nitrogen and oxygen atoms in total. The van der Waals surface area contributed by atoms with Crippen LogP contribution in [0.4, 0.5) is 4.39 Å². The highest BCUT2D eigenvalue weighted by atomic mass is 19.1. The van der Waals surface area contributed by atoms with E-state index in [1.807, 2.05) is 0 Å². The first-order chi connectivity index (χ1) is 7.72. The molecule has 1 aromatic rings. The van der Waals surface area contributed by atoms with E-state index < -0.39 is 6.04 Å². The Balaban J connectivity index is 2.04. The molecule has 0 radical (unpaired) electrons. The van der Waals surface area contributed by atoms with Crippen molar-refractivity contribution in [3.63, 3.8) is 0 Å². The van der Waals surface area contributed by atoms with E-state index in [0.29, 0.717) is 17.7 Å². The van der Waals surface area contributed by atoms with Crippen molar-refractivity contribution >= 4 is 0 Å². The molecule has 1 aliphatic carbocycles. The Morgan fingerprint density at radius 1 is 1.44 bits per heavy atom. The van der Waals surface area contributed by atoms with Crippen LogP contribution in [-0.4, -0.2) is 5.60 Å². The van der Waals surface area contributed by atoms with Gasteiger partial charge in [0.15, 0.2) is 0 Å². The summed E-state index contributed by atoms with van der Waals surface area (Å²) in [6.07, 6.45) is 3.65. The summed E-state index contributed by atoms with van der Waals surface area (Å²) in [5.41, 5.74) is 0.385. The van der Waals surface area contributed by atoms with Gasteiger partial charge in [-0.05, 0) is 37.5 Å². The molecule has 0 bridgehead atoms. The van der Waals surface area contributed by atoms with Gasteiger partial charge in [0.2, 0.25) is 0 Å². The van der Waals surface area contributed by atoms with E-state index in [4.69, 9.17) is 4.74 Å². The van der Waals surface area contributed by atoms with Crippen LogP contribution in [0.3, 0.4) is 0 Å². The highest BCUT2D eigenvalue weighted by molar-refractivity contribution is 5.40. The number of hydrogen-bond acceptors (Lipinski definition) is 3. The Kier molecular flexibility index (Phi) is 1.99. The fourth-order valence-corrected chi connectivity index (χ4v) is 2.58. The number of ether oxygens (including phenoxy) is 1. The zero-order chi connectivity index (χ0) is 11.2. The topological polar surface area (TPSA) is 38.7 Å². The molecular formula is C12H12FNO2. The molecule has 84 valence electrons. The highest BCUT2D eigenvalue weighted by Crippen LogP contribution is 2.49. The lowest BCUT2D eigenvalue weighted by Crippen LogP contribution is -2.46. The van der Waals surface area contributed by atoms with Crippen LogP contribution < -0.4 is 4.74 Å². The molecule has 2 aliphatic rings. The highest BCUT2D eigenvalue weighted by Gasteiger charge is 2.46. The second-order valence-electron chi connectivity index (χ2n) is 4.65. The van der Waals surface area contributed by atoms with Crippen molar-refractivity contribution in [2.24, 2.45) is 5.18 Å². The fraction of sp³-hybridized carbons (Fsp3) is 0.500. The zero-order valence-electron chi connectivity index (χ0n) is 8.78. The summed E-state index contributed by atoms with van der Waals surface area (Å²) < 4.78 is 19.0. The van der Waals surface area contributed by atoms with Crippen molar-refractivity contribution in [3.05, 3.63) is 34.5 Å². The van der Waals surface area contributed by atoms with Crippen LogP contribution in [0.2, 0.25) is 0 Å². The van der Waals surface area contributed by atoms with Gasteiger partial charge in [-0.15, -0.1) is 0 Å². The Hall–Kier alpha value is -1.45. The summed E-state index contributed by atoms with van der Waals surface area (Å²) in [4.78, 5) is 10.8. The summed E-state index contributed by atoms with van der Waals surface area (Å²) in [5, 5.41) is 3.11. The lowest BCUT2D eigenvalue weighted by Gasteiger charge is -2.46. The van der Waals surface area contributed by atoms with Crippen LogP contribution >= 0.6 is 0 Å². The first-order valence-electron chi connectivity index (χ1n) is 5.53. The van der Waals surface area contributed by atoms with E-state index in [-0.39, 0.29) is 11.4 Å². The summed E-state index contributed by atoms with van der Waals surface area (Å²) in [6, 6.07) is 3.85. The Labute approximate surface area is 92.6 Å². The lowest BCUT2D eigenvalue weighted by molar-refractivity contribution is -0.0329. The van der Waals surface area contributed by atoms with Gasteiger partial charge in [0.25, 0.3) is 0 Å². The van der Waals surface area contributed by atoms with E-state index in [2.05, 4.69) is 5.18 Å². The molecule has 1 aromatic carbocycles. The molecule has 0 aromatic heterocycles. The van der Waals surface area contributed by atoms with Crippen molar-refractivity contribution in [1.29, 1.82) is 0 Å². The van der Waals surface area contributed by atoms with Crippen LogP contribution in [0.1, 0.15) is 37.3 Å². The summed E-state index contributed by atoms with van der Waals surface area (Å²) in [7, 11) is 0. The minimum Gasteiger partial charge on any atom is -0.487 e. The normalized spacial score (nSPS) is 25.4. The second kappa shape index (κ2) is 3.27. The quantitative estimate of drug-likeness (QED) is 0.682. The molecule has 1 atom stereocenters. The van der Waals surface area contributed by atoms with Crippen molar-refractivity contribution in [3.8, 4) is 5.75 Å². The summed E-state index contributed by atoms with van der Waals surface area (Å²) >= 11 is 0. The first kappa shape index (κ1) is 9.75. The van der Waals surface area contributed by atoms with E-state index in [9.17, 15) is 9.30 Å². The molecule has 1 heterocycles. The smallest absolute Gasteiger partial charge is 0.125 e. The Morgan fingerprint density at radius 2 is 2.25 bits per heavy atom. The molecule has 1 saturated carbocycles. The molecule has 1 fully saturated rings. The van der Waals surface area contributed by atoms with Gasteiger partial charge in [0, 0.05) is 12.0 Å². The van der Waals surface area contributed by atoms with E-state index in [1.165, 1.54) is 12.1 Å². The number of benzene rings is 1. The average molecular weight is 221 g/mol. The van der Waals surface area contributed by atoms with E-state index in [0.717, 1.165) is 19.3 Å². The van der Waals surface area contributed by atoms with Crippen molar-refractivity contribution in [2.45, 2.75) is 37.3 Å². The maximum Gasteiger partial charge on any atom is 0.125 e. The molecule has 3 rings (SSSR count). The van der Waals surface area contributed by atoms with Crippen LogP contribution in [0.5, 0.6) is 5.75 Å². The molecule has 0 N–H and O–H groups in total. The predicted octanol–water partition coefficient (Wildman–Crippen LogP) is 3.34. The van der Waals surface area contributed by atoms with Crippen molar-refractivity contribution < 1.29 is 9.13 Å². The molecule has 1 aliphatic heterocycles. The van der Waals surface area contributed by atoms with Gasteiger partial charge >= 0.3 is 0 Å². The first-order valence-corrected chi connectivity index (χ1v) is 5.53. The average Bonchev–Trinajstić information content (AvgIpc) is 2.25. The number of fused-ring (bicyclic) bond motifs is 1. The third-order valence-corrected chi connectivity index (χ3v) is 3.61. The van der Waals surface area contributed by atoms with Gasteiger partial charge in [-0.2, -0.15) is 4.91 Å². The van der Waals surface area contributed by atoms with Crippen LogP contribution in [0.15, 0.2) is 23.4 Å². The SMILES string of the molecule is O=NC1CC2(CCC2)Oc2ccc(F)cc21. The lowest BCUT2D eigenvalue weighted by atomic mass is 9.73. The Bertz CT molecular complexity index is 443. The van der Waals surface area contributed by atoms with Crippen LogP contribution in [0.25, 0.3) is 0 Å². The van der Waals surface area contributed by atoms with Crippen molar-refractivity contribution in [2.75, 3.05) is 0 Å². The molecule has 4 heteroatoms. The van der Waals surface area contributed by atoms with Gasteiger partial charge in [-0.1, -0.05) is 5.18 Å².